The van der Waals surface area contributed by atoms with Crippen molar-refractivity contribution in [1.29, 1.82) is 0 Å². The van der Waals surface area contributed by atoms with Gasteiger partial charge in [0.2, 0.25) is 0 Å². The fourth-order valence-corrected chi connectivity index (χ4v) is 5.04. The van der Waals surface area contributed by atoms with Crippen LogP contribution in [-0.4, -0.2) is 68.6 Å². The molecule has 1 aliphatic heterocycles. The van der Waals surface area contributed by atoms with E-state index in [4.69, 9.17) is 18.6 Å². The quantitative estimate of drug-likeness (QED) is 0.267. The van der Waals surface area contributed by atoms with E-state index in [-0.39, 0.29) is 18.0 Å². The number of fused-ring (bicyclic) bond motifs is 1. The number of para-hydroxylation sites is 1. The largest absolute Gasteiger partial charge is 0.497 e. The molecule has 2 heterocycles. The summed E-state index contributed by atoms with van der Waals surface area (Å²) in [5.74, 6) is 0.759. The van der Waals surface area contributed by atoms with Crippen LogP contribution in [0.25, 0.3) is 11.0 Å². The standard InChI is InChI=1S/C32H34N2O6/c1-22-27-9-4-5-10-28(27)40-30(22)31(35)34-17-15-33(16-18-34)20-29(25-7-6-8-26(19-25)37-2)39-21-23-11-13-24(14-12-23)32(36)38-3/h4-14,19,29H,15-18,20-21H2,1-3H3. The summed E-state index contributed by atoms with van der Waals surface area (Å²) in [6.07, 6.45) is -0.213. The van der Waals surface area contributed by atoms with Crippen LogP contribution in [0.4, 0.5) is 0 Å². The van der Waals surface area contributed by atoms with E-state index < -0.39 is 0 Å². The van der Waals surface area contributed by atoms with Gasteiger partial charge in [0.05, 0.1) is 32.5 Å². The lowest BCUT2D eigenvalue weighted by Gasteiger charge is -2.36. The summed E-state index contributed by atoms with van der Waals surface area (Å²) in [5.41, 5.74) is 4.09. The molecule has 4 aromatic rings. The number of ether oxygens (including phenoxy) is 3. The number of esters is 1. The Hall–Kier alpha value is -4.14. The third-order valence-electron chi connectivity index (χ3n) is 7.41. The van der Waals surface area contributed by atoms with Gasteiger partial charge in [-0.3, -0.25) is 9.69 Å². The van der Waals surface area contributed by atoms with Crippen molar-refractivity contribution >= 4 is 22.8 Å². The predicted molar refractivity (Wildman–Crippen MR) is 152 cm³/mol. The molecule has 1 amide bonds. The Morgan fingerprint density at radius 2 is 1.68 bits per heavy atom. The van der Waals surface area contributed by atoms with E-state index in [1.54, 1.807) is 19.2 Å². The maximum Gasteiger partial charge on any atom is 0.337 e. The minimum atomic E-state index is -0.366. The number of amides is 1. The van der Waals surface area contributed by atoms with Crippen LogP contribution >= 0.6 is 0 Å². The van der Waals surface area contributed by atoms with Crippen molar-refractivity contribution in [3.8, 4) is 5.75 Å². The number of carbonyl (C=O) groups excluding carboxylic acids is 2. The van der Waals surface area contributed by atoms with E-state index in [1.165, 1.54) is 7.11 Å². The molecular formula is C32H34N2O6. The molecule has 1 aliphatic rings. The number of piperazine rings is 1. The third-order valence-corrected chi connectivity index (χ3v) is 7.41. The Morgan fingerprint density at radius 1 is 0.925 bits per heavy atom. The first-order valence-corrected chi connectivity index (χ1v) is 13.4. The molecule has 1 saturated heterocycles. The number of benzene rings is 3. The minimum Gasteiger partial charge on any atom is -0.497 e. The normalized spacial score (nSPS) is 14.7. The van der Waals surface area contributed by atoms with Gasteiger partial charge in [-0.15, -0.1) is 0 Å². The fraction of sp³-hybridized carbons (Fsp3) is 0.312. The molecule has 8 heteroatoms. The second-order valence-corrected chi connectivity index (χ2v) is 9.91. The fourth-order valence-electron chi connectivity index (χ4n) is 5.04. The highest BCUT2D eigenvalue weighted by Crippen LogP contribution is 2.28. The topological polar surface area (TPSA) is 81.5 Å². The van der Waals surface area contributed by atoms with Gasteiger partial charge in [0.15, 0.2) is 5.76 Å². The number of rotatable bonds is 9. The van der Waals surface area contributed by atoms with E-state index in [0.29, 0.717) is 37.6 Å². The highest BCUT2D eigenvalue weighted by molar-refractivity contribution is 5.99. The van der Waals surface area contributed by atoms with Crippen LogP contribution in [-0.2, 0) is 16.1 Å². The van der Waals surface area contributed by atoms with Crippen LogP contribution < -0.4 is 4.74 Å². The van der Waals surface area contributed by atoms with Crippen molar-refractivity contribution < 1.29 is 28.2 Å². The number of hydrogen-bond acceptors (Lipinski definition) is 7. The summed E-state index contributed by atoms with van der Waals surface area (Å²) in [5, 5.41) is 0.975. The molecule has 1 unspecified atom stereocenters. The number of methoxy groups -OCH3 is 2. The number of hydrogen-bond donors (Lipinski definition) is 0. The number of nitrogens with zero attached hydrogens (tertiary/aromatic N) is 2. The van der Waals surface area contributed by atoms with Crippen LogP contribution in [0.2, 0.25) is 0 Å². The van der Waals surface area contributed by atoms with Gasteiger partial charge in [-0.1, -0.05) is 42.5 Å². The van der Waals surface area contributed by atoms with Crippen LogP contribution in [0.1, 0.15) is 43.7 Å². The molecule has 0 bridgehead atoms. The first-order valence-electron chi connectivity index (χ1n) is 13.4. The van der Waals surface area contributed by atoms with Crippen molar-refractivity contribution in [3.63, 3.8) is 0 Å². The molecule has 0 spiro atoms. The average molecular weight is 543 g/mol. The number of aryl methyl sites for hydroxylation is 1. The first-order chi connectivity index (χ1) is 19.5. The molecule has 0 N–H and O–H groups in total. The lowest BCUT2D eigenvalue weighted by Crippen LogP contribution is -2.49. The van der Waals surface area contributed by atoms with Gasteiger partial charge < -0.3 is 23.5 Å². The van der Waals surface area contributed by atoms with E-state index in [2.05, 4.69) is 4.90 Å². The lowest BCUT2D eigenvalue weighted by atomic mass is 10.1. The maximum absolute atomic E-state index is 13.3. The van der Waals surface area contributed by atoms with E-state index >= 15 is 0 Å². The summed E-state index contributed by atoms with van der Waals surface area (Å²) < 4.78 is 22.6. The van der Waals surface area contributed by atoms with Gasteiger partial charge >= 0.3 is 5.97 Å². The molecule has 3 aromatic carbocycles. The van der Waals surface area contributed by atoms with Gasteiger partial charge in [0.1, 0.15) is 11.3 Å². The average Bonchev–Trinajstić information content (AvgIpc) is 3.35. The van der Waals surface area contributed by atoms with Gasteiger partial charge in [-0.05, 0) is 48.4 Å². The zero-order valence-electron chi connectivity index (χ0n) is 23.1. The monoisotopic (exact) mass is 542 g/mol. The molecule has 0 radical (unpaired) electrons. The molecule has 208 valence electrons. The van der Waals surface area contributed by atoms with Crippen molar-refractivity contribution in [2.24, 2.45) is 0 Å². The zero-order chi connectivity index (χ0) is 28.1. The van der Waals surface area contributed by atoms with E-state index in [9.17, 15) is 9.59 Å². The maximum atomic E-state index is 13.3. The Balaban J connectivity index is 1.24. The van der Waals surface area contributed by atoms with Gasteiger partial charge in [0, 0.05) is 43.7 Å². The number of furan rings is 1. The van der Waals surface area contributed by atoms with E-state index in [1.807, 2.05) is 72.5 Å². The van der Waals surface area contributed by atoms with Crippen LogP contribution in [0.15, 0.2) is 77.2 Å². The smallest absolute Gasteiger partial charge is 0.337 e. The third kappa shape index (κ3) is 6.03. The minimum absolute atomic E-state index is 0.0654. The molecule has 5 rings (SSSR count). The zero-order valence-corrected chi connectivity index (χ0v) is 23.1. The Morgan fingerprint density at radius 3 is 2.38 bits per heavy atom. The lowest BCUT2D eigenvalue weighted by molar-refractivity contribution is 0.00301. The summed E-state index contributed by atoms with van der Waals surface area (Å²) in [4.78, 5) is 29.2. The Kier molecular flexibility index (Phi) is 8.48. The predicted octanol–water partition coefficient (Wildman–Crippen LogP) is 5.25. The summed E-state index contributed by atoms with van der Waals surface area (Å²) in [6.45, 7) is 5.65. The van der Waals surface area contributed by atoms with Gasteiger partial charge in [-0.2, -0.15) is 0 Å². The van der Waals surface area contributed by atoms with Crippen molar-refractivity contribution in [3.05, 3.63) is 101 Å². The van der Waals surface area contributed by atoms with Gasteiger partial charge in [0.25, 0.3) is 5.91 Å². The summed E-state index contributed by atoms with van der Waals surface area (Å²) >= 11 is 0. The first kappa shape index (κ1) is 27.4. The molecule has 1 aromatic heterocycles. The van der Waals surface area contributed by atoms with E-state index in [0.717, 1.165) is 46.5 Å². The summed E-state index contributed by atoms with van der Waals surface area (Å²) in [6, 6.07) is 22.9. The highest BCUT2D eigenvalue weighted by Gasteiger charge is 2.28. The Labute approximate surface area is 234 Å². The Bertz CT molecular complexity index is 1470. The molecule has 1 atom stereocenters. The summed E-state index contributed by atoms with van der Waals surface area (Å²) in [7, 11) is 3.02. The van der Waals surface area contributed by atoms with Crippen molar-refractivity contribution in [1.82, 2.24) is 9.80 Å². The molecule has 40 heavy (non-hydrogen) atoms. The highest BCUT2D eigenvalue weighted by atomic mass is 16.5. The van der Waals surface area contributed by atoms with Crippen LogP contribution in [0, 0.1) is 6.92 Å². The molecule has 0 saturated carbocycles. The second kappa shape index (κ2) is 12.4. The van der Waals surface area contributed by atoms with Crippen molar-refractivity contribution in [2.45, 2.75) is 19.6 Å². The SMILES string of the molecule is COC(=O)c1ccc(COC(CN2CCN(C(=O)c3oc4ccccc4c3C)CC2)c2cccc(OC)c2)cc1. The van der Waals surface area contributed by atoms with Crippen LogP contribution in [0.3, 0.4) is 0 Å². The molecule has 0 aliphatic carbocycles. The molecule has 8 nitrogen and oxygen atoms in total. The van der Waals surface area contributed by atoms with Crippen LogP contribution in [0.5, 0.6) is 5.75 Å². The molecular weight excluding hydrogens is 508 g/mol. The van der Waals surface area contributed by atoms with Gasteiger partial charge in [-0.25, -0.2) is 4.79 Å². The van der Waals surface area contributed by atoms with Crippen molar-refractivity contribution in [2.75, 3.05) is 46.9 Å². The molecule has 1 fully saturated rings. The second-order valence-electron chi connectivity index (χ2n) is 9.91. The number of carbonyl (C=O) groups is 2.